The lowest BCUT2D eigenvalue weighted by atomic mass is 9.98. The molecule has 2 aliphatic heterocycles. The second-order valence-electron chi connectivity index (χ2n) is 10.4. The third kappa shape index (κ3) is 5.91. The molecule has 5 rings (SSSR count). The van der Waals surface area contributed by atoms with Crippen molar-refractivity contribution in [2.24, 2.45) is 0 Å². The number of benzene rings is 2. The number of hydrogen-bond donors (Lipinski definition) is 8. The Labute approximate surface area is 253 Å². The van der Waals surface area contributed by atoms with E-state index in [1.807, 2.05) is 0 Å². The van der Waals surface area contributed by atoms with E-state index in [1.165, 1.54) is 38.3 Å². The summed E-state index contributed by atoms with van der Waals surface area (Å²) < 4.78 is 32.9. The number of methoxy groups -OCH3 is 1. The predicted octanol–water partition coefficient (Wildman–Crippen LogP) is -0.436. The average molecular weight is 643 g/mol. The summed E-state index contributed by atoms with van der Waals surface area (Å²) in [4.78, 5) is 13.0. The number of ether oxygens (including phenoxy) is 5. The van der Waals surface area contributed by atoms with Gasteiger partial charge in [-0.2, -0.15) is 0 Å². The number of aromatic hydroxyl groups is 2. The van der Waals surface area contributed by atoms with Gasteiger partial charge < -0.3 is 69.0 Å². The molecule has 3 aromatic rings. The zero-order valence-corrected chi connectivity index (χ0v) is 23.9. The van der Waals surface area contributed by atoms with Gasteiger partial charge in [-0.05, 0) is 25.1 Å². The van der Waals surface area contributed by atoms with Gasteiger partial charge in [0, 0.05) is 17.7 Å². The molecule has 0 saturated carbocycles. The smallest absolute Gasteiger partial charge is 0.229 e. The Kier molecular flexibility index (Phi) is 9.25. The van der Waals surface area contributed by atoms with Crippen molar-refractivity contribution in [1.82, 2.24) is 0 Å². The Morgan fingerprint density at radius 2 is 1.52 bits per heavy atom. The zero-order chi connectivity index (χ0) is 32.0. The van der Waals surface area contributed by atoms with Crippen molar-refractivity contribution in [3.05, 3.63) is 45.6 Å². The first-order valence-electron chi connectivity index (χ1n) is 13.4. The van der Waals surface area contributed by atoms with Crippen LogP contribution in [-0.2, 0) is 14.2 Å². The maximum Gasteiger partial charge on any atom is 0.229 e. The molecule has 0 aliphatic carbocycles. The van der Waals surface area contributed by atoms with Crippen molar-refractivity contribution in [2.75, 3.05) is 13.7 Å². The topological polar surface area (TPSA) is 238 Å². The van der Waals surface area contributed by atoms with E-state index < -0.39 is 79.2 Å². The van der Waals surface area contributed by atoms with E-state index in [0.29, 0.717) is 0 Å². The van der Waals surface area contributed by atoms with Crippen LogP contribution in [0.2, 0.25) is 5.02 Å². The zero-order valence-electron chi connectivity index (χ0n) is 23.2. The number of hydrogen-bond acceptors (Lipinski definition) is 15. The van der Waals surface area contributed by atoms with Crippen LogP contribution in [0.15, 0.2) is 39.5 Å². The summed E-state index contributed by atoms with van der Waals surface area (Å²) in [5.74, 6) is -1.01. The van der Waals surface area contributed by atoms with Crippen LogP contribution in [0, 0.1) is 0 Å². The number of fused-ring (bicyclic) bond motifs is 1. The molecule has 3 heterocycles. The van der Waals surface area contributed by atoms with Gasteiger partial charge in [-0.1, -0.05) is 11.6 Å². The van der Waals surface area contributed by atoms with Gasteiger partial charge >= 0.3 is 0 Å². The highest BCUT2D eigenvalue weighted by Gasteiger charge is 2.47. The molecule has 6 unspecified atom stereocenters. The van der Waals surface area contributed by atoms with Crippen LogP contribution in [0.5, 0.6) is 23.0 Å². The van der Waals surface area contributed by atoms with E-state index in [0.717, 1.165) is 6.07 Å². The van der Waals surface area contributed by atoms with Crippen molar-refractivity contribution >= 4 is 22.6 Å². The molecular weight excluding hydrogens is 612 g/mol. The van der Waals surface area contributed by atoms with E-state index in [9.17, 15) is 45.6 Å². The van der Waals surface area contributed by atoms with Gasteiger partial charge in [-0.25, -0.2) is 0 Å². The number of aliphatic hydroxyl groups is 6. The van der Waals surface area contributed by atoms with Crippen LogP contribution in [0.3, 0.4) is 0 Å². The molecule has 1 aromatic heterocycles. The lowest BCUT2D eigenvalue weighted by molar-refractivity contribution is -0.318. The second kappa shape index (κ2) is 12.6. The minimum absolute atomic E-state index is 0.137. The normalized spacial score (nSPS) is 32.5. The van der Waals surface area contributed by atoms with Crippen LogP contribution in [-0.4, -0.2) is 116 Å². The van der Waals surface area contributed by atoms with Crippen LogP contribution < -0.4 is 14.9 Å². The van der Waals surface area contributed by atoms with E-state index >= 15 is 0 Å². The standard InChI is InChI=1S/C28H31ClO15/c1-9-19(32)22(35)24(37)27(41-9)40-8-16-20(33)23(36)25(38)28(44-16)42-11-6-13(31)17-15(7-11)43-26(18(29)21(17)34)10-3-4-14(39-2)12(30)5-10/h3-7,9,16,19-20,22-25,27-28,30-33,35-38H,8H2,1-2H3/t9?,16?,19-,20+,22?,23?,24?,25?,27+,28+/m0/s1. The summed E-state index contributed by atoms with van der Waals surface area (Å²) in [7, 11) is 1.36. The van der Waals surface area contributed by atoms with Gasteiger partial charge in [0.15, 0.2) is 23.5 Å². The Bertz CT molecular complexity index is 1560. The van der Waals surface area contributed by atoms with Crippen LogP contribution in [0.25, 0.3) is 22.3 Å². The van der Waals surface area contributed by atoms with Crippen molar-refractivity contribution in [2.45, 2.75) is 68.3 Å². The highest BCUT2D eigenvalue weighted by Crippen LogP contribution is 2.38. The third-order valence-corrected chi connectivity index (χ3v) is 7.83. The first-order valence-corrected chi connectivity index (χ1v) is 13.7. The molecule has 0 amide bonds. The molecule has 2 saturated heterocycles. The minimum Gasteiger partial charge on any atom is -0.507 e. The fraction of sp³-hybridized carbons (Fsp3) is 0.464. The summed E-state index contributed by atoms with van der Waals surface area (Å²) in [6.07, 6.45) is -15.2. The Balaban J connectivity index is 1.39. The molecule has 44 heavy (non-hydrogen) atoms. The summed E-state index contributed by atoms with van der Waals surface area (Å²) in [6.45, 7) is 0.932. The minimum atomic E-state index is -1.80. The second-order valence-corrected chi connectivity index (χ2v) is 10.8. The van der Waals surface area contributed by atoms with E-state index in [4.69, 9.17) is 39.7 Å². The molecule has 8 N–H and O–H groups in total. The first kappa shape index (κ1) is 32.2. The average Bonchev–Trinajstić information content (AvgIpc) is 2.99. The molecule has 10 atom stereocenters. The molecule has 2 fully saturated rings. The molecule has 0 radical (unpaired) electrons. The lowest BCUT2D eigenvalue weighted by Gasteiger charge is -2.42. The SMILES string of the molecule is COc1ccc(-c2oc3cc(O[C@@H]4OC(CO[C@@H]5OC(C)[C@H](O)C(O)C5O)[C@@H](O)C(O)C4O)cc(O)c3c(=O)c2Cl)cc1O. The molecule has 240 valence electrons. The largest absolute Gasteiger partial charge is 0.507 e. The van der Waals surface area contributed by atoms with E-state index in [-0.39, 0.29) is 44.6 Å². The maximum atomic E-state index is 13.0. The van der Waals surface area contributed by atoms with Gasteiger partial charge in [0.05, 0.1) is 19.8 Å². The van der Waals surface area contributed by atoms with Crippen LogP contribution in [0.4, 0.5) is 0 Å². The summed E-state index contributed by atoms with van der Waals surface area (Å²) in [5, 5.41) is 81.7. The van der Waals surface area contributed by atoms with Crippen molar-refractivity contribution in [1.29, 1.82) is 0 Å². The molecule has 0 spiro atoms. The highest BCUT2D eigenvalue weighted by molar-refractivity contribution is 6.33. The van der Waals surface area contributed by atoms with Crippen LogP contribution >= 0.6 is 11.6 Å². The summed E-state index contributed by atoms with van der Waals surface area (Å²) >= 11 is 6.25. The van der Waals surface area contributed by atoms with Crippen LogP contribution in [0.1, 0.15) is 6.92 Å². The quantitative estimate of drug-likeness (QED) is 0.163. The van der Waals surface area contributed by atoms with Crippen molar-refractivity contribution in [3.63, 3.8) is 0 Å². The van der Waals surface area contributed by atoms with Gasteiger partial charge in [0.25, 0.3) is 0 Å². The van der Waals surface area contributed by atoms with Gasteiger partial charge in [0.1, 0.15) is 70.2 Å². The van der Waals surface area contributed by atoms with Gasteiger partial charge in [0.2, 0.25) is 11.7 Å². The fourth-order valence-corrected chi connectivity index (χ4v) is 5.21. The molecule has 15 nitrogen and oxygen atoms in total. The number of phenolic OH excluding ortho intramolecular Hbond substituents is 2. The maximum absolute atomic E-state index is 13.0. The van der Waals surface area contributed by atoms with E-state index in [2.05, 4.69) is 0 Å². The Morgan fingerprint density at radius 1 is 0.841 bits per heavy atom. The predicted molar refractivity (Wildman–Crippen MR) is 148 cm³/mol. The van der Waals surface area contributed by atoms with Gasteiger partial charge in [-0.15, -0.1) is 0 Å². The van der Waals surface area contributed by atoms with E-state index in [1.54, 1.807) is 0 Å². The molecule has 2 aromatic carbocycles. The lowest BCUT2D eigenvalue weighted by Crippen LogP contribution is -2.61. The third-order valence-electron chi connectivity index (χ3n) is 7.49. The Morgan fingerprint density at radius 3 is 2.20 bits per heavy atom. The first-order chi connectivity index (χ1) is 20.8. The summed E-state index contributed by atoms with van der Waals surface area (Å²) in [6, 6.07) is 6.39. The number of rotatable bonds is 7. The monoisotopic (exact) mass is 642 g/mol. The Hall–Kier alpha value is -3.22. The van der Waals surface area contributed by atoms with Crippen molar-refractivity contribution < 1.29 is 69.0 Å². The number of halogens is 1. The number of aliphatic hydroxyl groups excluding tert-OH is 6. The number of phenols is 2. The van der Waals surface area contributed by atoms with Crippen molar-refractivity contribution in [3.8, 4) is 34.3 Å². The van der Waals surface area contributed by atoms with Gasteiger partial charge in [-0.3, -0.25) is 4.79 Å². The molecule has 2 aliphatic rings. The molecule has 0 bridgehead atoms. The summed E-state index contributed by atoms with van der Waals surface area (Å²) in [5.41, 5.74) is -0.762. The highest BCUT2D eigenvalue weighted by atomic mass is 35.5. The molecule has 16 heteroatoms. The fourth-order valence-electron chi connectivity index (χ4n) is 4.96. The molecular formula is C28H31ClO15.